The molecule has 0 radical (unpaired) electrons. The van der Waals surface area contributed by atoms with Gasteiger partial charge in [0.2, 0.25) is 12.5 Å². The highest BCUT2D eigenvalue weighted by molar-refractivity contribution is 5.97. The summed E-state index contributed by atoms with van der Waals surface area (Å²) in [6.07, 6.45) is 2.19. The van der Waals surface area contributed by atoms with Gasteiger partial charge in [0.1, 0.15) is 0 Å². The van der Waals surface area contributed by atoms with Gasteiger partial charge in [-0.05, 0) is 42.2 Å². The average Bonchev–Trinajstić information content (AvgIpc) is 3.20. The van der Waals surface area contributed by atoms with Crippen LogP contribution in [0.25, 0.3) is 0 Å². The zero-order chi connectivity index (χ0) is 21.0. The summed E-state index contributed by atoms with van der Waals surface area (Å²) in [6.45, 7) is 4.35. The molecule has 1 atom stereocenters. The number of Topliss-reactive ketones (excluding diaryl/α,β-unsaturated/α-hetero) is 1. The average molecular weight is 400 g/mol. The Kier molecular flexibility index (Phi) is 6.52. The molecule has 0 spiro atoms. The van der Waals surface area contributed by atoms with E-state index in [1.165, 1.54) is 0 Å². The molecule has 1 heterocycles. The van der Waals surface area contributed by atoms with Crippen molar-refractivity contribution in [2.45, 2.75) is 39.0 Å². The van der Waals surface area contributed by atoms with Gasteiger partial charge in [-0.25, -0.2) is 0 Å². The van der Waals surface area contributed by atoms with E-state index in [2.05, 4.69) is 6.92 Å². The lowest BCUT2D eigenvalue weighted by atomic mass is 9.87. The van der Waals surface area contributed by atoms with Gasteiger partial charge in [0, 0.05) is 17.5 Å². The van der Waals surface area contributed by atoms with Crippen molar-refractivity contribution in [3.05, 3.63) is 41.0 Å². The predicted octanol–water partition coefficient (Wildman–Crippen LogP) is 4.77. The van der Waals surface area contributed by atoms with Crippen molar-refractivity contribution >= 4 is 5.78 Å². The van der Waals surface area contributed by atoms with Crippen molar-refractivity contribution in [2.75, 3.05) is 28.1 Å². The molecule has 2 aromatic rings. The van der Waals surface area contributed by atoms with Gasteiger partial charge in [-0.1, -0.05) is 20.3 Å². The summed E-state index contributed by atoms with van der Waals surface area (Å²) in [5, 5.41) is 0. The van der Waals surface area contributed by atoms with E-state index < -0.39 is 0 Å². The molecule has 1 aliphatic rings. The van der Waals surface area contributed by atoms with Crippen LogP contribution in [0.3, 0.4) is 0 Å². The number of benzene rings is 2. The maximum absolute atomic E-state index is 13.0. The van der Waals surface area contributed by atoms with E-state index in [9.17, 15) is 4.79 Å². The highest BCUT2D eigenvalue weighted by atomic mass is 16.7. The Balaban J connectivity index is 1.92. The summed E-state index contributed by atoms with van der Waals surface area (Å²) in [7, 11) is 4.76. The summed E-state index contributed by atoms with van der Waals surface area (Å²) in [6, 6.07) is 7.25. The van der Waals surface area contributed by atoms with Crippen LogP contribution in [0.2, 0.25) is 0 Å². The summed E-state index contributed by atoms with van der Waals surface area (Å²) >= 11 is 0. The maximum Gasteiger partial charge on any atom is 0.231 e. The number of hydrogen-bond donors (Lipinski definition) is 0. The molecule has 0 N–H and O–H groups in total. The van der Waals surface area contributed by atoms with Gasteiger partial charge in [-0.3, -0.25) is 4.79 Å². The number of aryl methyl sites for hydroxylation is 1. The second-order valence-corrected chi connectivity index (χ2v) is 7.06. The fourth-order valence-corrected chi connectivity index (χ4v) is 3.80. The van der Waals surface area contributed by atoms with E-state index in [1.54, 1.807) is 39.5 Å². The van der Waals surface area contributed by atoms with Crippen LogP contribution in [0.5, 0.6) is 28.7 Å². The number of carbonyl (C=O) groups excluding carboxylic acids is 1. The second kappa shape index (κ2) is 9.07. The van der Waals surface area contributed by atoms with Crippen LogP contribution in [0, 0.1) is 0 Å². The number of rotatable bonds is 9. The molecule has 156 valence electrons. The standard InChI is InChI=1S/C23H28O6/c1-6-7-16-12-20-22(29-13-28-20)23(27-5)21(16)14(2)10-17(24)15-8-9-18(25-3)19(11-15)26-4/h8-9,11-12,14H,6-7,10,13H2,1-5H3. The molecule has 0 amide bonds. The van der Waals surface area contributed by atoms with Crippen molar-refractivity contribution in [1.29, 1.82) is 0 Å². The molecule has 3 rings (SSSR count). The second-order valence-electron chi connectivity index (χ2n) is 7.06. The molecule has 0 fully saturated rings. The van der Waals surface area contributed by atoms with Gasteiger partial charge in [0.05, 0.1) is 21.3 Å². The maximum atomic E-state index is 13.0. The van der Waals surface area contributed by atoms with Gasteiger partial charge in [-0.2, -0.15) is 0 Å². The number of hydrogen-bond acceptors (Lipinski definition) is 6. The lowest BCUT2D eigenvalue weighted by Gasteiger charge is -2.21. The first-order valence-corrected chi connectivity index (χ1v) is 9.78. The zero-order valence-electron chi connectivity index (χ0n) is 17.7. The molecule has 0 aliphatic carbocycles. The summed E-state index contributed by atoms with van der Waals surface area (Å²) in [5.74, 6) is 3.09. The number of ketones is 1. The molecule has 0 saturated heterocycles. The third-order valence-electron chi connectivity index (χ3n) is 5.16. The van der Waals surface area contributed by atoms with E-state index in [0.717, 1.165) is 24.0 Å². The van der Waals surface area contributed by atoms with Crippen LogP contribution in [-0.2, 0) is 6.42 Å². The van der Waals surface area contributed by atoms with Crippen LogP contribution in [0.4, 0.5) is 0 Å². The fourth-order valence-electron chi connectivity index (χ4n) is 3.80. The summed E-state index contributed by atoms with van der Waals surface area (Å²) in [4.78, 5) is 13.0. The third-order valence-corrected chi connectivity index (χ3v) is 5.16. The van der Waals surface area contributed by atoms with E-state index >= 15 is 0 Å². The van der Waals surface area contributed by atoms with E-state index in [0.29, 0.717) is 40.7 Å². The van der Waals surface area contributed by atoms with Crippen LogP contribution >= 0.6 is 0 Å². The zero-order valence-corrected chi connectivity index (χ0v) is 17.7. The van der Waals surface area contributed by atoms with Gasteiger partial charge in [-0.15, -0.1) is 0 Å². The molecule has 2 aromatic carbocycles. The highest BCUT2D eigenvalue weighted by Gasteiger charge is 2.28. The van der Waals surface area contributed by atoms with Gasteiger partial charge in [0.25, 0.3) is 0 Å². The van der Waals surface area contributed by atoms with Crippen LogP contribution in [0.15, 0.2) is 24.3 Å². The Morgan fingerprint density at radius 3 is 2.48 bits per heavy atom. The SMILES string of the molecule is CCCc1cc2c(c(OC)c1C(C)CC(=O)c1ccc(OC)c(OC)c1)OCO2. The Hall–Kier alpha value is -2.89. The lowest BCUT2D eigenvalue weighted by Crippen LogP contribution is -2.09. The van der Waals surface area contributed by atoms with Crippen molar-refractivity contribution in [3.8, 4) is 28.7 Å². The van der Waals surface area contributed by atoms with Gasteiger partial charge >= 0.3 is 0 Å². The summed E-state index contributed by atoms with van der Waals surface area (Å²) in [5.41, 5.74) is 2.72. The lowest BCUT2D eigenvalue weighted by molar-refractivity contribution is 0.0974. The quantitative estimate of drug-likeness (QED) is 0.565. The Labute approximate surface area is 171 Å². The third kappa shape index (κ3) is 4.11. The van der Waals surface area contributed by atoms with Crippen LogP contribution in [-0.4, -0.2) is 33.9 Å². The minimum atomic E-state index is -0.0541. The number of ether oxygens (including phenoxy) is 5. The van der Waals surface area contributed by atoms with Gasteiger partial charge < -0.3 is 23.7 Å². The molecule has 1 unspecified atom stereocenters. The molecular weight excluding hydrogens is 372 g/mol. The molecule has 6 nitrogen and oxygen atoms in total. The van der Waals surface area contributed by atoms with E-state index in [-0.39, 0.29) is 18.5 Å². The minimum absolute atomic E-state index is 0.0284. The minimum Gasteiger partial charge on any atom is -0.493 e. The first-order valence-electron chi connectivity index (χ1n) is 9.78. The monoisotopic (exact) mass is 400 g/mol. The topological polar surface area (TPSA) is 63.2 Å². The first-order chi connectivity index (χ1) is 14.0. The van der Waals surface area contributed by atoms with E-state index in [1.807, 2.05) is 13.0 Å². The molecular formula is C23H28O6. The normalized spacial score (nSPS) is 13.1. The molecule has 1 aliphatic heterocycles. The van der Waals surface area contributed by atoms with Crippen LogP contribution < -0.4 is 23.7 Å². The fraction of sp³-hybridized carbons (Fsp3) is 0.435. The molecule has 0 bridgehead atoms. The predicted molar refractivity (Wildman–Crippen MR) is 110 cm³/mol. The Morgan fingerprint density at radius 2 is 1.83 bits per heavy atom. The number of fused-ring (bicyclic) bond motifs is 1. The van der Waals surface area contributed by atoms with Crippen molar-refractivity contribution < 1.29 is 28.5 Å². The highest BCUT2D eigenvalue weighted by Crippen LogP contribution is 2.48. The smallest absolute Gasteiger partial charge is 0.231 e. The van der Waals surface area contributed by atoms with Gasteiger partial charge in [0.15, 0.2) is 28.8 Å². The van der Waals surface area contributed by atoms with Crippen molar-refractivity contribution in [2.24, 2.45) is 0 Å². The number of carbonyl (C=O) groups is 1. The Bertz CT molecular complexity index is 889. The van der Waals surface area contributed by atoms with E-state index in [4.69, 9.17) is 23.7 Å². The first kappa shape index (κ1) is 20.8. The van der Waals surface area contributed by atoms with Crippen molar-refractivity contribution in [1.82, 2.24) is 0 Å². The molecule has 0 aromatic heterocycles. The van der Waals surface area contributed by atoms with Crippen molar-refractivity contribution in [3.63, 3.8) is 0 Å². The number of methoxy groups -OCH3 is 3. The largest absolute Gasteiger partial charge is 0.493 e. The summed E-state index contributed by atoms with van der Waals surface area (Å²) < 4.78 is 27.5. The molecule has 0 saturated carbocycles. The Morgan fingerprint density at radius 1 is 1.07 bits per heavy atom. The molecule has 29 heavy (non-hydrogen) atoms. The van der Waals surface area contributed by atoms with Crippen LogP contribution in [0.1, 0.15) is 54.1 Å². The molecule has 6 heteroatoms.